The Morgan fingerprint density at radius 2 is 1.52 bits per heavy atom. The molecule has 2 aromatic rings. The van der Waals surface area contributed by atoms with Gasteiger partial charge in [-0.1, -0.05) is 73.5 Å². The van der Waals surface area contributed by atoms with E-state index in [9.17, 15) is 9.59 Å². The number of carbonyl (C=O) groups is 2. The van der Waals surface area contributed by atoms with Crippen LogP contribution in [-0.4, -0.2) is 46.9 Å². The van der Waals surface area contributed by atoms with E-state index in [1.54, 1.807) is 7.11 Å². The Balaban J connectivity index is 1.81. The predicted octanol–water partition coefficient (Wildman–Crippen LogP) is 4.51. The van der Waals surface area contributed by atoms with Crippen LogP contribution in [0.15, 0.2) is 60.7 Å². The summed E-state index contributed by atoms with van der Waals surface area (Å²) in [6.07, 6.45) is 3.15. The van der Waals surface area contributed by atoms with Crippen molar-refractivity contribution >= 4 is 11.8 Å². The van der Waals surface area contributed by atoms with E-state index in [0.717, 1.165) is 24.0 Å². The Bertz CT molecular complexity index is 917. The second-order valence-corrected chi connectivity index (χ2v) is 8.82. The fourth-order valence-electron chi connectivity index (χ4n) is 5.44. The van der Waals surface area contributed by atoms with Crippen LogP contribution < -0.4 is 0 Å². The molecule has 5 nitrogen and oxygen atoms in total. The first-order valence-corrected chi connectivity index (χ1v) is 11.3. The summed E-state index contributed by atoms with van der Waals surface area (Å²) in [5, 5.41) is 0. The molecule has 3 aliphatic rings. The van der Waals surface area contributed by atoms with Crippen LogP contribution in [0, 0.1) is 0 Å². The second kappa shape index (κ2) is 8.83. The molecule has 3 aliphatic heterocycles. The number of fused-ring (bicyclic) bond motifs is 5. The molecular formula is C26H32N2O3. The molecule has 2 aromatic carbocycles. The largest absolute Gasteiger partial charge is 0.382 e. The highest BCUT2D eigenvalue weighted by molar-refractivity contribution is 6.00. The van der Waals surface area contributed by atoms with Gasteiger partial charge in [-0.15, -0.1) is 0 Å². The molecule has 0 aliphatic carbocycles. The SMILES string of the molecule is COC[C@@]12CCCC[C@@H](C(=O)N1[C@@H](C)c1ccccc1)N([C@@H](C)c1ccccc1)C2=O. The van der Waals surface area contributed by atoms with E-state index < -0.39 is 11.6 Å². The number of benzene rings is 2. The van der Waals surface area contributed by atoms with Crippen molar-refractivity contribution < 1.29 is 14.3 Å². The summed E-state index contributed by atoms with van der Waals surface area (Å²) < 4.78 is 5.62. The van der Waals surface area contributed by atoms with Crippen molar-refractivity contribution in [3.05, 3.63) is 71.8 Å². The van der Waals surface area contributed by atoms with Crippen LogP contribution in [0.3, 0.4) is 0 Å². The van der Waals surface area contributed by atoms with E-state index in [2.05, 4.69) is 0 Å². The van der Waals surface area contributed by atoms with Gasteiger partial charge in [-0.25, -0.2) is 0 Å². The maximum absolute atomic E-state index is 14.2. The summed E-state index contributed by atoms with van der Waals surface area (Å²) in [5.41, 5.74) is 1.10. The monoisotopic (exact) mass is 420 g/mol. The summed E-state index contributed by atoms with van der Waals surface area (Å²) in [7, 11) is 1.62. The van der Waals surface area contributed by atoms with Gasteiger partial charge in [-0.2, -0.15) is 0 Å². The average Bonchev–Trinajstić information content (AvgIpc) is 2.79. The van der Waals surface area contributed by atoms with Crippen molar-refractivity contribution in [2.24, 2.45) is 0 Å². The van der Waals surface area contributed by atoms with Gasteiger partial charge in [0.2, 0.25) is 5.91 Å². The Morgan fingerprint density at radius 3 is 2.10 bits per heavy atom. The lowest BCUT2D eigenvalue weighted by Gasteiger charge is -2.56. The van der Waals surface area contributed by atoms with Crippen LogP contribution in [0.2, 0.25) is 0 Å². The van der Waals surface area contributed by atoms with Crippen LogP contribution in [0.25, 0.3) is 0 Å². The summed E-state index contributed by atoms with van der Waals surface area (Å²) in [4.78, 5) is 32.0. The smallest absolute Gasteiger partial charge is 0.252 e. The topological polar surface area (TPSA) is 49.9 Å². The minimum Gasteiger partial charge on any atom is -0.382 e. The van der Waals surface area contributed by atoms with Crippen molar-refractivity contribution in [3.8, 4) is 0 Å². The number of ether oxygens (including phenoxy) is 1. The van der Waals surface area contributed by atoms with E-state index in [0.29, 0.717) is 12.8 Å². The molecule has 0 unspecified atom stereocenters. The Kier molecular flexibility index (Phi) is 6.15. The summed E-state index contributed by atoms with van der Waals surface area (Å²) in [6, 6.07) is 19.2. The zero-order valence-corrected chi connectivity index (χ0v) is 18.7. The third-order valence-electron chi connectivity index (χ3n) is 7.02. The molecule has 2 amide bonds. The normalized spacial score (nSPS) is 25.8. The van der Waals surface area contributed by atoms with Crippen molar-refractivity contribution in [1.82, 2.24) is 9.80 Å². The zero-order valence-electron chi connectivity index (χ0n) is 18.7. The molecular weight excluding hydrogens is 388 g/mol. The van der Waals surface area contributed by atoms with Crippen molar-refractivity contribution in [1.29, 1.82) is 0 Å². The van der Waals surface area contributed by atoms with Gasteiger partial charge >= 0.3 is 0 Å². The van der Waals surface area contributed by atoms with E-state index in [1.165, 1.54) is 0 Å². The number of piperazine rings is 1. The van der Waals surface area contributed by atoms with Crippen LogP contribution in [0.5, 0.6) is 0 Å². The van der Waals surface area contributed by atoms with E-state index in [4.69, 9.17) is 4.74 Å². The average molecular weight is 421 g/mol. The summed E-state index contributed by atoms with van der Waals surface area (Å²) in [5.74, 6) is 0.0493. The first kappa shape index (κ1) is 21.6. The third-order valence-corrected chi connectivity index (χ3v) is 7.02. The van der Waals surface area contributed by atoms with Gasteiger partial charge in [0.1, 0.15) is 11.6 Å². The summed E-state index contributed by atoms with van der Waals surface area (Å²) >= 11 is 0. The Labute approximate surface area is 185 Å². The van der Waals surface area contributed by atoms with Gasteiger partial charge in [-0.3, -0.25) is 9.59 Å². The molecule has 0 N–H and O–H groups in total. The highest BCUT2D eigenvalue weighted by atomic mass is 16.5. The number of rotatable bonds is 6. The molecule has 31 heavy (non-hydrogen) atoms. The first-order valence-electron chi connectivity index (χ1n) is 11.3. The maximum atomic E-state index is 14.2. The van der Waals surface area contributed by atoms with Gasteiger partial charge in [0.05, 0.1) is 18.7 Å². The zero-order chi connectivity index (χ0) is 22.0. The van der Waals surface area contributed by atoms with Crippen LogP contribution >= 0.6 is 0 Å². The van der Waals surface area contributed by atoms with Gasteiger partial charge in [0.15, 0.2) is 0 Å². The maximum Gasteiger partial charge on any atom is 0.252 e. The molecule has 164 valence electrons. The van der Waals surface area contributed by atoms with E-state index >= 15 is 0 Å². The molecule has 3 heterocycles. The molecule has 0 radical (unpaired) electrons. The standard InChI is InChI=1S/C26H32N2O3/c1-19(21-12-6-4-7-13-21)27-23-16-10-11-17-26(18-31-3,25(27)30)28(24(23)29)20(2)22-14-8-5-9-15-22/h4-9,12-15,19-20,23H,10-11,16-18H2,1-3H3/t19-,20-,23-,26+/m0/s1. The molecule has 5 rings (SSSR count). The van der Waals surface area contributed by atoms with Crippen molar-refractivity contribution in [3.63, 3.8) is 0 Å². The van der Waals surface area contributed by atoms with Crippen molar-refractivity contribution in [2.45, 2.75) is 63.2 Å². The van der Waals surface area contributed by atoms with Gasteiger partial charge in [0.25, 0.3) is 5.91 Å². The van der Waals surface area contributed by atoms with E-state index in [-0.39, 0.29) is 30.5 Å². The molecule has 0 aromatic heterocycles. The Morgan fingerprint density at radius 1 is 0.935 bits per heavy atom. The Hall–Kier alpha value is -2.66. The van der Waals surface area contributed by atoms with Gasteiger partial charge in [-0.05, 0) is 37.8 Å². The molecule has 3 saturated heterocycles. The second-order valence-electron chi connectivity index (χ2n) is 8.82. The number of hydrogen-bond acceptors (Lipinski definition) is 3. The lowest BCUT2D eigenvalue weighted by molar-refractivity contribution is -0.185. The van der Waals surface area contributed by atoms with Crippen LogP contribution in [-0.2, 0) is 14.3 Å². The molecule has 4 atom stereocenters. The minimum atomic E-state index is -0.985. The molecule has 5 heteroatoms. The number of carbonyl (C=O) groups excluding carboxylic acids is 2. The van der Waals surface area contributed by atoms with Gasteiger partial charge in [0, 0.05) is 7.11 Å². The quantitative estimate of drug-likeness (QED) is 0.691. The molecule has 2 bridgehead atoms. The van der Waals surface area contributed by atoms with E-state index in [1.807, 2.05) is 84.3 Å². The fraction of sp³-hybridized carbons (Fsp3) is 0.462. The fourth-order valence-corrected chi connectivity index (χ4v) is 5.44. The predicted molar refractivity (Wildman–Crippen MR) is 120 cm³/mol. The lowest BCUT2D eigenvalue weighted by Crippen LogP contribution is -2.74. The molecule has 0 saturated carbocycles. The summed E-state index contributed by atoms with van der Waals surface area (Å²) in [6.45, 7) is 4.27. The first-order chi connectivity index (χ1) is 15.0. The number of nitrogens with zero attached hydrogens (tertiary/aromatic N) is 2. The number of methoxy groups -OCH3 is 1. The lowest BCUT2D eigenvalue weighted by atomic mass is 9.78. The highest BCUT2D eigenvalue weighted by Crippen LogP contribution is 2.44. The number of amides is 2. The van der Waals surface area contributed by atoms with Crippen molar-refractivity contribution in [2.75, 3.05) is 13.7 Å². The van der Waals surface area contributed by atoms with Crippen LogP contribution in [0.4, 0.5) is 0 Å². The molecule has 3 fully saturated rings. The highest BCUT2D eigenvalue weighted by Gasteiger charge is 2.59. The van der Waals surface area contributed by atoms with Crippen LogP contribution in [0.1, 0.15) is 62.7 Å². The third kappa shape index (κ3) is 3.65. The molecule has 0 spiro atoms. The number of hydrogen-bond donors (Lipinski definition) is 0. The van der Waals surface area contributed by atoms with Gasteiger partial charge < -0.3 is 14.5 Å². The minimum absolute atomic E-state index is 0.0118.